The minimum atomic E-state index is -0.699. The second-order valence-electron chi connectivity index (χ2n) is 7.11. The maximum atomic E-state index is 12.7. The highest BCUT2D eigenvalue weighted by atomic mass is 79.9. The molecule has 0 radical (unpaired) electrons. The van der Waals surface area contributed by atoms with E-state index in [-0.39, 0.29) is 29.4 Å². The summed E-state index contributed by atoms with van der Waals surface area (Å²) in [6.07, 6.45) is 0. The Kier molecular flexibility index (Phi) is 6.40. The van der Waals surface area contributed by atoms with Gasteiger partial charge in [0, 0.05) is 27.1 Å². The van der Waals surface area contributed by atoms with Crippen molar-refractivity contribution in [2.45, 2.75) is 34.2 Å². The number of esters is 1. The summed E-state index contributed by atoms with van der Waals surface area (Å²) in [7, 11) is 0. The van der Waals surface area contributed by atoms with Crippen LogP contribution in [-0.2, 0) is 16.1 Å². The first-order valence-electron chi connectivity index (χ1n) is 9.42. The number of ketones is 1. The highest BCUT2D eigenvalue weighted by Crippen LogP contribution is 2.23. The van der Waals surface area contributed by atoms with E-state index in [2.05, 4.69) is 21.0 Å². The maximum Gasteiger partial charge on any atom is 0.328 e. The lowest BCUT2D eigenvalue weighted by Gasteiger charge is -2.10. The van der Waals surface area contributed by atoms with Gasteiger partial charge in [-0.1, -0.05) is 15.9 Å². The van der Waals surface area contributed by atoms with Gasteiger partial charge in [-0.05, 0) is 58.0 Å². The van der Waals surface area contributed by atoms with Gasteiger partial charge in [0.2, 0.25) is 5.78 Å². The molecule has 0 atom stereocenters. The molecule has 1 aromatic carbocycles. The van der Waals surface area contributed by atoms with Crippen LogP contribution in [0.25, 0.3) is 5.69 Å². The van der Waals surface area contributed by atoms with Gasteiger partial charge in [-0.2, -0.15) is 5.10 Å². The van der Waals surface area contributed by atoms with Gasteiger partial charge in [0.05, 0.1) is 4.92 Å². The van der Waals surface area contributed by atoms with Crippen LogP contribution < -0.4 is 0 Å². The summed E-state index contributed by atoms with van der Waals surface area (Å²) >= 11 is 3.41. The van der Waals surface area contributed by atoms with Gasteiger partial charge in [0.25, 0.3) is 0 Å². The maximum absolute atomic E-state index is 12.7. The summed E-state index contributed by atoms with van der Waals surface area (Å²) < 4.78 is 9.23. The predicted octanol–water partition coefficient (Wildman–Crippen LogP) is 4.00. The van der Waals surface area contributed by atoms with Crippen LogP contribution in [0.5, 0.6) is 0 Å². The third kappa shape index (κ3) is 4.58. The number of carbonyl (C=O) groups excluding carboxylic acids is 2. The van der Waals surface area contributed by atoms with Crippen molar-refractivity contribution in [1.82, 2.24) is 14.3 Å². The van der Waals surface area contributed by atoms with E-state index >= 15 is 0 Å². The number of carbonyl (C=O) groups is 2. The number of halogens is 1. The molecule has 0 bridgehead atoms. The molecule has 31 heavy (non-hydrogen) atoms. The average Bonchev–Trinajstić information content (AvgIpc) is 3.15. The third-order valence-electron chi connectivity index (χ3n) is 4.99. The predicted molar refractivity (Wildman–Crippen MR) is 117 cm³/mol. The third-order valence-corrected chi connectivity index (χ3v) is 5.51. The Labute approximate surface area is 186 Å². The van der Waals surface area contributed by atoms with Crippen molar-refractivity contribution >= 4 is 33.4 Å². The SMILES string of the molecule is Cc1nn(CC(=O)OCC(=O)c2cc(C)n(-c3ccc(Br)cc3)c2C)c(C)c1[N+](=O)[O-]. The summed E-state index contributed by atoms with van der Waals surface area (Å²) in [5.74, 6) is -1.03. The van der Waals surface area contributed by atoms with Crippen molar-refractivity contribution in [3.8, 4) is 5.69 Å². The second-order valence-corrected chi connectivity index (χ2v) is 8.03. The number of hydrogen-bond acceptors (Lipinski definition) is 6. The Balaban J connectivity index is 1.70. The van der Waals surface area contributed by atoms with E-state index in [0.29, 0.717) is 5.56 Å². The normalized spacial score (nSPS) is 10.9. The monoisotopic (exact) mass is 488 g/mol. The largest absolute Gasteiger partial charge is 0.456 e. The lowest BCUT2D eigenvalue weighted by Crippen LogP contribution is -2.20. The Morgan fingerprint density at radius 1 is 1.13 bits per heavy atom. The molecule has 0 spiro atoms. The average molecular weight is 489 g/mol. The molecule has 0 N–H and O–H groups in total. The Bertz CT molecular complexity index is 1180. The van der Waals surface area contributed by atoms with Crippen molar-refractivity contribution in [2.75, 3.05) is 6.61 Å². The number of Topliss-reactive ketones (excluding diaryl/α,β-unsaturated/α-hetero) is 1. The van der Waals surface area contributed by atoms with Gasteiger partial charge >= 0.3 is 11.7 Å². The van der Waals surface area contributed by atoms with Gasteiger partial charge in [-0.25, -0.2) is 0 Å². The minimum Gasteiger partial charge on any atom is -0.456 e. The summed E-state index contributed by atoms with van der Waals surface area (Å²) in [5.41, 5.74) is 3.34. The lowest BCUT2D eigenvalue weighted by atomic mass is 10.1. The summed E-state index contributed by atoms with van der Waals surface area (Å²) in [6, 6.07) is 9.47. The van der Waals surface area contributed by atoms with Crippen LogP contribution in [-0.4, -0.2) is 37.6 Å². The standard InChI is InChI=1S/C21H21BrN4O5/c1-12-9-18(14(3)25(12)17-7-5-16(22)6-8-17)19(27)11-31-20(28)10-24-15(4)21(26(29)30)13(2)23-24/h5-9H,10-11H2,1-4H3. The van der Waals surface area contributed by atoms with Crippen LogP contribution in [0.15, 0.2) is 34.8 Å². The van der Waals surface area contributed by atoms with Crippen molar-refractivity contribution in [2.24, 2.45) is 0 Å². The molecule has 0 fully saturated rings. The zero-order valence-electron chi connectivity index (χ0n) is 17.5. The summed E-state index contributed by atoms with van der Waals surface area (Å²) in [5, 5.41) is 15.1. The van der Waals surface area contributed by atoms with E-state index in [1.807, 2.05) is 42.7 Å². The molecule has 3 rings (SSSR count). The van der Waals surface area contributed by atoms with E-state index in [1.165, 1.54) is 18.5 Å². The van der Waals surface area contributed by atoms with E-state index in [9.17, 15) is 19.7 Å². The number of hydrogen-bond donors (Lipinski definition) is 0. The molecule has 2 heterocycles. The summed E-state index contributed by atoms with van der Waals surface area (Å²) in [4.78, 5) is 35.4. The smallest absolute Gasteiger partial charge is 0.328 e. The Morgan fingerprint density at radius 3 is 2.35 bits per heavy atom. The number of aromatic nitrogens is 3. The zero-order chi connectivity index (χ0) is 22.9. The van der Waals surface area contributed by atoms with Crippen LogP contribution in [0.1, 0.15) is 33.1 Å². The number of ether oxygens (including phenoxy) is 1. The molecule has 2 aromatic heterocycles. The lowest BCUT2D eigenvalue weighted by molar-refractivity contribution is -0.386. The second kappa shape index (κ2) is 8.84. The van der Waals surface area contributed by atoms with Crippen LogP contribution in [0.4, 0.5) is 5.69 Å². The molecular formula is C21H21BrN4O5. The fourth-order valence-electron chi connectivity index (χ4n) is 3.53. The van der Waals surface area contributed by atoms with Gasteiger partial charge in [-0.3, -0.25) is 24.4 Å². The van der Waals surface area contributed by atoms with Gasteiger partial charge in [-0.15, -0.1) is 0 Å². The topological polar surface area (TPSA) is 109 Å². The Morgan fingerprint density at radius 2 is 1.77 bits per heavy atom. The van der Waals surface area contributed by atoms with Gasteiger partial charge in [0.1, 0.15) is 17.9 Å². The first-order valence-corrected chi connectivity index (χ1v) is 10.2. The van der Waals surface area contributed by atoms with E-state index in [4.69, 9.17) is 4.74 Å². The Hall–Kier alpha value is -3.27. The van der Waals surface area contributed by atoms with E-state index in [1.54, 1.807) is 6.07 Å². The minimum absolute atomic E-state index is 0.135. The fraction of sp³-hybridized carbons (Fsp3) is 0.286. The molecule has 3 aromatic rings. The molecule has 0 aliphatic heterocycles. The van der Waals surface area contributed by atoms with Crippen LogP contribution in [0.2, 0.25) is 0 Å². The first kappa shape index (κ1) is 22.4. The molecular weight excluding hydrogens is 468 g/mol. The van der Waals surface area contributed by atoms with Crippen molar-refractivity contribution in [3.63, 3.8) is 0 Å². The quantitative estimate of drug-likeness (QED) is 0.215. The number of aryl methyl sites for hydroxylation is 2. The number of benzene rings is 1. The molecule has 0 amide bonds. The molecule has 162 valence electrons. The van der Waals surface area contributed by atoms with E-state index in [0.717, 1.165) is 21.5 Å². The highest BCUT2D eigenvalue weighted by Gasteiger charge is 2.24. The molecule has 0 aliphatic carbocycles. The molecule has 0 unspecified atom stereocenters. The van der Waals surface area contributed by atoms with E-state index < -0.39 is 17.5 Å². The van der Waals surface area contributed by atoms with Crippen LogP contribution in [0, 0.1) is 37.8 Å². The van der Waals surface area contributed by atoms with Crippen LogP contribution in [0.3, 0.4) is 0 Å². The first-order chi connectivity index (χ1) is 14.6. The number of nitro groups is 1. The summed E-state index contributed by atoms with van der Waals surface area (Å²) in [6.45, 7) is 5.99. The van der Waals surface area contributed by atoms with Crippen molar-refractivity contribution in [3.05, 3.63) is 73.3 Å². The molecule has 0 aliphatic rings. The van der Waals surface area contributed by atoms with Gasteiger partial charge in [0.15, 0.2) is 6.61 Å². The number of nitrogens with zero attached hydrogens (tertiary/aromatic N) is 4. The van der Waals surface area contributed by atoms with Gasteiger partial charge < -0.3 is 9.30 Å². The molecule has 0 saturated carbocycles. The van der Waals surface area contributed by atoms with Crippen LogP contribution >= 0.6 is 15.9 Å². The fourth-order valence-corrected chi connectivity index (χ4v) is 3.79. The molecule has 0 saturated heterocycles. The highest BCUT2D eigenvalue weighted by molar-refractivity contribution is 9.10. The molecule has 10 heteroatoms. The van der Waals surface area contributed by atoms with Crippen molar-refractivity contribution < 1.29 is 19.2 Å². The zero-order valence-corrected chi connectivity index (χ0v) is 19.1. The molecule has 9 nitrogen and oxygen atoms in total. The van der Waals surface area contributed by atoms with Crippen molar-refractivity contribution in [1.29, 1.82) is 0 Å². The number of rotatable bonds is 7.